The zero-order valence-electron chi connectivity index (χ0n) is 16.8. The van der Waals surface area contributed by atoms with Crippen molar-refractivity contribution in [1.29, 1.82) is 0 Å². The Bertz CT molecular complexity index is 653. The van der Waals surface area contributed by atoms with Crippen LogP contribution in [0.15, 0.2) is 12.5 Å². The number of ether oxygens (including phenoxy) is 1. The molecule has 1 N–H and O–H groups in total. The molecule has 27 heavy (non-hydrogen) atoms. The molecule has 0 aromatic carbocycles. The number of nitrogens with one attached hydrogen (secondary N) is 1. The molecule has 7 nitrogen and oxygen atoms in total. The van der Waals surface area contributed by atoms with Crippen LogP contribution in [0.2, 0.25) is 0 Å². The number of aromatic nitrogens is 2. The first-order chi connectivity index (χ1) is 12.8. The van der Waals surface area contributed by atoms with Crippen LogP contribution in [0.25, 0.3) is 0 Å². The summed E-state index contributed by atoms with van der Waals surface area (Å²) in [7, 11) is 0. The fraction of sp³-hybridized carbons (Fsp3) is 0.750. The standard InChI is InChI=1S/C20H32N4O3/c1-19(2,3)14-27-18(26)24-9-4-7-20(13-24)8-5-17(25)23(12-20)10-6-16-11-21-15-22-16/h11,15H,4-10,12-14H2,1-3H3,(H,21,22). The number of nitrogens with zero attached hydrogens (tertiary/aromatic N) is 3. The minimum Gasteiger partial charge on any atom is -0.449 e. The zero-order chi connectivity index (χ0) is 19.5. The lowest BCUT2D eigenvalue weighted by molar-refractivity contribution is -0.139. The summed E-state index contributed by atoms with van der Waals surface area (Å²) in [6.45, 7) is 9.44. The molecule has 0 radical (unpaired) electrons. The summed E-state index contributed by atoms with van der Waals surface area (Å²) in [5.41, 5.74) is 1.00. The van der Waals surface area contributed by atoms with Crippen LogP contribution < -0.4 is 0 Å². The molecule has 1 spiro atoms. The molecule has 2 amide bonds. The molecule has 3 heterocycles. The number of aromatic amines is 1. The summed E-state index contributed by atoms with van der Waals surface area (Å²) in [5.74, 6) is 0.215. The Morgan fingerprint density at radius 1 is 1.33 bits per heavy atom. The van der Waals surface area contributed by atoms with Gasteiger partial charge in [-0.05, 0) is 24.7 Å². The van der Waals surface area contributed by atoms with Crippen LogP contribution in [-0.2, 0) is 16.0 Å². The molecule has 3 rings (SSSR count). The largest absolute Gasteiger partial charge is 0.449 e. The highest BCUT2D eigenvalue weighted by Gasteiger charge is 2.43. The third kappa shape index (κ3) is 5.23. The fourth-order valence-corrected chi connectivity index (χ4v) is 4.05. The maximum absolute atomic E-state index is 12.5. The first kappa shape index (κ1) is 19.7. The number of H-pyrrole nitrogens is 1. The summed E-state index contributed by atoms with van der Waals surface area (Å²) in [5, 5.41) is 0. The number of hydrogen-bond donors (Lipinski definition) is 1. The number of rotatable bonds is 4. The van der Waals surface area contributed by atoms with E-state index < -0.39 is 0 Å². The molecule has 1 aromatic heterocycles. The molecular weight excluding hydrogens is 344 g/mol. The van der Waals surface area contributed by atoms with Gasteiger partial charge < -0.3 is 19.5 Å². The van der Waals surface area contributed by atoms with Gasteiger partial charge in [0.05, 0.1) is 12.9 Å². The Hall–Kier alpha value is -2.05. The molecule has 2 fully saturated rings. The van der Waals surface area contributed by atoms with Crippen LogP contribution in [0.4, 0.5) is 4.79 Å². The molecule has 0 saturated carbocycles. The van der Waals surface area contributed by atoms with E-state index in [4.69, 9.17) is 4.74 Å². The van der Waals surface area contributed by atoms with Crippen molar-refractivity contribution in [2.75, 3.05) is 32.8 Å². The summed E-state index contributed by atoms with van der Waals surface area (Å²) in [4.78, 5) is 35.9. The second kappa shape index (κ2) is 7.90. The van der Waals surface area contributed by atoms with E-state index in [0.29, 0.717) is 26.1 Å². The number of imidazole rings is 1. The lowest BCUT2D eigenvalue weighted by Gasteiger charge is -2.48. The first-order valence-electron chi connectivity index (χ1n) is 9.93. The normalized spacial score (nSPS) is 23.7. The van der Waals surface area contributed by atoms with Crippen molar-refractivity contribution in [3.63, 3.8) is 0 Å². The summed E-state index contributed by atoms with van der Waals surface area (Å²) in [6.07, 6.45) is 7.47. The maximum atomic E-state index is 12.5. The molecule has 1 aromatic rings. The van der Waals surface area contributed by atoms with Gasteiger partial charge in [-0.1, -0.05) is 20.8 Å². The van der Waals surface area contributed by atoms with Crippen LogP contribution in [-0.4, -0.2) is 64.6 Å². The minimum atomic E-state index is -0.218. The highest BCUT2D eigenvalue weighted by molar-refractivity contribution is 5.77. The van der Waals surface area contributed by atoms with E-state index in [-0.39, 0.29) is 22.8 Å². The van der Waals surface area contributed by atoms with Crippen molar-refractivity contribution in [3.8, 4) is 0 Å². The minimum absolute atomic E-state index is 0.000891. The monoisotopic (exact) mass is 376 g/mol. The van der Waals surface area contributed by atoms with E-state index in [0.717, 1.165) is 44.5 Å². The van der Waals surface area contributed by atoms with Crippen LogP contribution in [0.3, 0.4) is 0 Å². The van der Waals surface area contributed by atoms with Crippen LogP contribution in [0.5, 0.6) is 0 Å². The molecule has 2 aliphatic heterocycles. The Balaban J connectivity index is 1.58. The third-order valence-corrected chi connectivity index (χ3v) is 5.50. The fourth-order valence-electron chi connectivity index (χ4n) is 4.05. The Kier molecular flexibility index (Phi) is 5.77. The van der Waals surface area contributed by atoms with Gasteiger partial charge in [0.2, 0.25) is 5.91 Å². The second-order valence-electron chi connectivity index (χ2n) is 9.28. The molecule has 7 heteroatoms. The lowest BCUT2D eigenvalue weighted by Crippen LogP contribution is -2.55. The van der Waals surface area contributed by atoms with Gasteiger partial charge in [0, 0.05) is 56.3 Å². The van der Waals surface area contributed by atoms with Gasteiger partial charge in [-0.15, -0.1) is 0 Å². The zero-order valence-corrected chi connectivity index (χ0v) is 16.8. The molecule has 150 valence electrons. The molecule has 0 aliphatic carbocycles. The number of amides is 2. The predicted molar refractivity (Wildman–Crippen MR) is 102 cm³/mol. The van der Waals surface area contributed by atoms with Gasteiger partial charge in [-0.2, -0.15) is 0 Å². The van der Waals surface area contributed by atoms with Gasteiger partial charge in [0.15, 0.2) is 0 Å². The Morgan fingerprint density at radius 3 is 2.85 bits per heavy atom. The molecule has 2 aliphatic rings. The number of piperidine rings is 2. The second-order valence-corrected chi connectivity index (χ2v) is 9.28. The van der Waals surface area contributed by atoms with E-state index in [1.165, 1.54) is 0 Å². The van der Waals surface area contributed by atoms with Gasteiger partial charge >= 0.3 is 6.09 Å². The van der Waals surface area contributed by atoms with Gasteiger partial charge in [0.25, 0.3) is 0 Å². The smallest absolute Gasteiger partial charge is 0.409 e. The first-order valence-corrected chi connectivity index (χ1v) is 9.93. The average Bonchev–Trinajstić information content (AvgIpc) is 3.14. The average molecular weight is 377 g/mol. The van der Waals surface area contributed by atoms with E-state index in [1.54, 1.807) is 12.5 Å². The van der Waals surface area contributed by atoms with E-state index in [9.17, 15) is 9.59 Å². The topological polar surface area (TPSA) is 78.5 Å². The summed E-state index contributed by atoms with van der Waals surface area (Å²) < 4.78 is 5.52. The Labute approximate surface area is 161 Å². The highest BCUT2D eigenvalue weighted by Crippen LogP contribution is 2.39. The lowest BCUT2D eigenvalue weighted by atomic mass is 9.73. The van der Waals surface area contributed by atoms with Crippen LogP contribution in [0.1, 0.15) is 52.1 Å². The van der Waals surface area contributed by atoms with E-state index in [1.807, 2.05) is 9.80 Å². The molecule has 0 bridgehead atoms. The SMILES string of the molecule is CC(C)(C)COC(=O)N1CCCC2(CCC(=O)N(CCc3cnc[nH]3)C2)C1. The third-order valence-electron chi connectivity index (χ3n) is 5.50. The summed E-state index contributed by atoms with van der Waals surface area (Å²) >= 11 is 0. The van der Waals surface area contributed by atoms with Crippen molar-refractivity contribution in [2.45, 2.75) is 52.9 Å². The molecule has 2 saturated heterocycles. The van der Waals surface area contributed by atoms with Crippen molar-refractivity contribution < 1.29 is 14.3 Å². The number of hydrogen-bond acceptors (Lipinski definition) is 4. The summed E-state index contributed by atoms with van der Waals surface area (Å²) in [6, 6.07) is 0. The van der Waals surface area contributed by atoms with Crippen molar-refractivity contribution >= 4 is 12.0 Å². The number of carbonyl (C=O) groups is 2. The van der Waals surface area contributed by atoms with E-state index in [2.05, 4.69) is 30.7 Å². The van der Waals surface area contributed by atoms with Crippen molar-refractivity contribution in [1.82, 2.24) is 19.8 Å². The molecular formula is C20H32N4O3. The predicted octanol–water partition coefficient (Wildman–Crippen LogP) is 2.84. The van der Waals surface area contributed by atoms with Gasteiger partial charge in [-0.25, -0.2) is 9.78 Å². The molecule has 1 unspecified atom stereocenters. The Morgan fingerprint density at radius 2 is 2.15 bits per heavy atom. The van der Waals surface area contributed by atoms with E-state index >= 15 is 0 Å². The van der Waals surface area contributed by atoms with Gasteiger partial charge in [-0.3, -0.25) is 4.79 Å². The number of likely N-dealkylation sites (tertiary alicyclic amines) is 2. The van der Waals surface area contributed by atoms with Crippen molar-refractivity contribution in [2.24, 2.45) is 10.8 Å². The highest BCUT2D eigenvalue weighted by atomic mass is 16.6. The molecule has 1 atom stereocenters. The van der Waals surface area contributed by atoms with Crippen LogP contribution >= 0.6 is 0 Å². The van der Waals surface area contributed by atoms with Crippen molar-refractivity contribution in [3.05, 3.63) is 18.2 Å². The quantitative estimate of drug-likeness (QED) is 0.876. The maximum Gasteiger partial charge on any atom is 0.409 e. The van der Waals surface area contributed by atoms with Gasteiger partial charge in [0.1, 0.15) is 0 Å². The number of carbonyl (C=O) groups excluding carboxylic acids is 2. The van der Waals surface area contributed by atoms with Crippen LogP contribution in [0, 0.1) is 10.8 Å².